The van der Waals surface area contributed by atoms with Crippen molar-refractivity contribution in [1.82, 2.24) is 9.55 Å². The van der Waals surface area contributed by atoms with Crippen LogP contribution in [-0.2, 0) is 7.05 Å². The number of imidazole rings is 1. The van der Waals surface area contributed by atoms with Crippen LogP contribution in [-0.4, -0.2) is 31.9 Å². The van der Waals surface area contributed by atoms with Crippen molar-refractivity contribution in [2.45, 2.75) is 43.7 Å². The molecule has 33 heavy (non-hydrogen) atoms. The Morgan fingerprint density at radius 3 is 2.21 bits per heavy atom. The zero-order valence-electron chi connectivity index (χ0n) is 19.1. The van der Waals surface area contributed by atoms with E-state index < -0.39 is 11.6 Å². The van der Waals surface area contributed by atoms with Gasteiger partial charge in [-0.05, 0) is 54.5 Å². The molecule has 0 bridgehead atoms. The molecule has 1 aliphatic rings. The van der Waals surface area contributed by atoms with Gasteiger partial charge in [-0.3, -0.25) is 0 Å². The number of aliphatic hydroxyl groups is 2. The quantitative estimate of drug-likeness (QED) is 0.535. The Kier molecular flexibility index (Phi) is 8.03. The molecular weight excluding hydrogens is 412 g/mol. The number of hydrogen-bond donors (Lipinski definition) is 3. The number of nitrogens with two attached hydrogens (primary N) is 1. The lowest BCUT2D eigenvalue weighted by Gasteiger charge is -2.39. The molecule has 1 saturated carbocycles. The Balaban J connectivity index is 0.000000286. The van der Waals surface area contributed by atoms with Gasteiger partial charge in [0.15, 0.2) is 0 Å². The number of benzene rings is 2. The SMILES string of the molecule is CC(O)c1nccn1C.N#CC1(N)CC(c2ccc(-c3ccc(C#CCCO)cc3)cc2)C1. The first-order valence-corrected chi connectivity index (χ1v) is 11.0. The highest BCUT2D eigenvalue weighted by Gasteiger charge is 2.41. The average Bonchev–Trinajstić information content (AvgIpc) is 3.24. The maximum absolute atomic E-state index is 9.01. The molecule has 1 aliphatic carbocycles. The van der Waals surface area contributed by atoms with Crippen molar-refractivity contribution in [2.24, 2.45) is 12.8 Å². The molecule has 0 radical (unpaired) electrons. The standard InChI is InChI=1S/C21H20N2O.C6H10N2O/c22-15-21(23)13-20(14-21)19-10-8-18(9-11-19)17-6-4-16(5-7-17)3-1-2-12-24;1-5(9)6-7-3-4-8(6)2/h4-11,20,24H,2,12-14,23H2;3-5,9H,1-2H3. The maximum atomic E-state index is 9.01. The summed E-state index contributed by atoms with van der Waals surface area (Å²) >= 11 is 0. The molecular formula is C27H30N4O2. The second kappa shape index (κ2) is 10.9. The monoisotopic (exact) mass is 442 g/mol. The predicted molar refractivity (Wildman–Crippen MR) is 129 cm³/mol. The molecule has 0 saturated heterocycles. The van der Waals surface area contributed by atoms with Gasteiger partial charge in [0.2, 0.25) is 0 Å². The number of nitriles is 1. The smallest absolute Gasteiger partial charge is 0.137 e. The first-order valence-electron chi connectivity index (χ1n) is 11.0. The van der Waals surface area contributed by atoms with Crippen LogP contribution in [0, 0.1) is 23.2 Å². The molecule has 0 aliphatic heterocycles. The summed E-state index contributed by atoms with van der Waals surface area (Å²) in [6.07, 6.45) is 4.99. The second-order valence-electron chi connectivity index (χ2n) is 8.42. The van der Waals surface area contributed by atoms with E-state index >= 15 is 0 Å². The third-order valence-corrected chi connectivity index (χ3v) is 5.75. The van der Waals surface area contributed by atoms with Crippen LogP contribution in [0.25, 0.3) is 11.1 Å². The number of nitrogens with zero attached hydrogens (tertiary/aromatic N) is 3. The van der Waals surface area contributed by atoms with E-state index in [9.17, 15) is 0 Å². The topological polar surface area (TPSA) is 108 Å². The number of hydrogen-bond acceptors (Lipinski definition) is 5. The van der Waals surface area contributed by atoms with E-state index in [0.717, 1.165) is 29.5 Å². The van der Waals surface area contributed by atoms with Crippen LogP contribution >= 0.6 is 0 Å². The molecule has 6 nitrogen and oxygen atoms in total. The van der Waals surface area contributed by atoms with Gasteiger partial charge in [-0.2, -0.15) is 5.26 Å². The van der Waals surface area contributed by atoms with Crippen LogP contribution < -0.4 is 5.73 Å². The molecule has 3 aromatic rings. The van der Waals surface area contributed by atoms with Gasteiger partial charge < -0.3 is 20.5 Å². The minimum atomic E-state index is -0.629. The molecule has 1 fully saturated rings. The molecule has 0 amide bonds. The first kappa shape index (κ1) is 24.2. The highest BCUT2D eigenvalue weighted by Crippen LogP contribution is 2.43. The number of aromatic nitrogens is 2. The van der Waals surface area contributed by atoms with Gasteiger partial charge in [0, 0.05) is 31.4 Å². The van der Waals surface area contributed by atoms with Crippen LogP contribution in [0.5, 0.6) is 0 Å². The maximum Gasteiger partial charge on any atom is 0.137 e. The fourth-order valence-electron chi connectivity index (χ4n) is 3.84. The molecule has 0 spiro atoms. The van der Waals surface area contributed by atoms with Gasteiger partial charge in [0.25, 0.3) is 0 Å². The summed E-state index contributed by atoms with van der Waals surface area (Å²) in [4.78, 5) is 3.93. The van der Waals surface area contributed by atoms with E-state index in [4.69, 9.17) is 21.2 Å². The highest BCUT2D eigenvalue weighted by atomic mass is 16.3. The van der Waals surface area contributed by atoms with Crippen molar-refractivity contribution in [3.8, 4) is 29.0 Å². The van der Waals surface area contributed by atoms with Gasteiger partial charge >= 0.3 is 0 Å². The normalized spacial score (nSPS) is 19.7. The highest BCUT2D eigenvalue weighted by molar-refractivity contribution is 5.64. The molecule has 170 valence electrons. The zero-order valence-corrected chi connectivity index (χ0v) is 19.1. The van der Waals surface area contributed by atoms with Crippen molar-refractivity contribution in [2.75, 3.05) is 6.61 Å². The van der Waals surface area contributed by atoms with Crippen LogP contribution in [0.2, 0.25) is 0 Å². The van der Waals surface area contributed by atoms with Gasteiger partial charge in [-0.25, -0.2) is 4.98 Å². The fourth-order valence-corrected chi connectivity index (χ4v) is 3.84. The average molecular weight is 443 g/mol. The largest absolute Gasteiger partial charge is 0.395 e. The summed E-state index contributed by atoms with van der Waals surface area (Å²) in [6.45, 7) is 1.79. The molecule has 1 atom stereocenters. The van der Waals surface area contributed by atoms with E-state index in [0.29, 0.717) is 18.2 Å². The Hall–Kier alpha value is -3.42. The minimum Gasteiger partial charge on any atom is -0.395 e. The van der Waals surface area contributed by atoms with Crippen LogP contribution in [0.1, 0.15) is 55.2 Å². The van der Waals surface area contributed by atoms with Crippen molar-refractivity contribution >= 4 is 0 Å². The zero-order chi connectivity index (χ0) is 23.8. The second-order valence-corrected chi connectivity index (χ2v) is 8.42. The van der Waals surface area contributed by atoms with Crippen molar-refractivity contribution in [1.29, 1.82) is 5.26 Å². The van der Waals surface area contributed by atoms with Crippen molar-refractivity contribution in [3.63, 3.8) is 0 Å². The predicted octanol–water partition coefficient (Wildman–Crippen LogP) is 3.66. The lowest BCUT2D eigenvalue weighted by Crippen LogP contribution is -2.49. The molecule has 1 heterocycles. The fraction of sp³-hybridized carbons (Fsp3) is 0.333. The molecule has 1 unspecified atom stereocenters. The summed E-state index contributed by atoms with van der Waals surface area (Å²) in [5.74, 6) is 7.05. The third kappa shape index (κ3) is 6.31. The molecule has 1 aromatic heterocycles. The van der Waals surface area contributed by atoms with E-state index in [1.807, 2.05) is 25.4 Å². The number of rotatable bonds is 4. The van der Waals surface area contributed by atoms with Gasteiger partial charge in [0.05, 0.1) is 12.7 Å². The Labute approximate surface area is 195 Å². The van der Waals surface area contributed by atoms with E-state index in [1.165, 1.54) is 5.56 Å². The first-order chi connectivity index (χ1) is 15.8. The van der Waals surface area contributed by atoms with Gasteiger partial charge in [0.1, 0.15) is 17.5 Å². The molecule has 4 N–H and O–H groups in total. The number of aryl methyl sites for hydroxylation is 1. The minimum absolute atomic E-state index is 0.0953. The van der Waals surface area contributed by atoms with E-state index in [1.54, 1.807) is 17.7 Å². The lowest BCUT2D eigenvalue weighted by atomic mass is 9.67. The van der Waals surface area contributed by atoms with E-state index in [-0.39, 0.29) is 6.61 Å². The summed E-state index contributed by atoms with van der Waals surface area (Å²) in [6, 6.07) is 18.8. The summed E-state index contributed by atoms with van der Waals surface area (Å²) < 4.78 is 1.80. The number of aliphatic hydroxyl groups excluding tert-OH is 2. The Morgan fingerprint density at radius 1 is 1.15 bits per heavy atom. The van der Waals surface area contributed by atoms with Crippen LogP contribution in [0.4, 0.5) is 0 Å². The van der Waals surface area contributed by atoms with Crippen molar-refractivity contribution in [3.05, 3.63) is 77.9 Å². The Morgan fingerprint density at radius 2 is 1.76 bits per heavy atom. The van der Waals surface area contributed by atoms with E-state index in [2.05, 4.69) is 59.3 Å². The summed E-state index contributed by atoms with van der Waals surface area (Å²) in [5.41, 5.74) is 9.80. The lowest BCUT2D eigenvalue weighted by molar-refractivity contribution is 0.185. The Bertz CT molecular complexity index is 1140. The van der Waals surface area contributed by atoms with Crippen molar-refractivity contribution < 1.29 is 10.2 Å². The van der Waals surface area contributed by atoms with Crippen LogP contribution in [0.3, 0.4) is 0 Å². The molecule has 2 aromatic carbocycles. The molecule has 4 rings (SSSR count). The van der Waals surface area contributed by atoms with Gasteiger partial charge in [-0.1, -0.05) is 48.2 Å². The summed E-state index contributed by atoms with van der Waals surface area (Å²) in [7, 11) is 1.86. The molecule has 6 heteroatoms. The van der Waals surface area contributed by atoms with Gasteiger partial charge in [-0.15, -0.1) is 0 Å². The third-order valence-electron chi connectivity index (χ3n) is 5.75. The summed E-state index contributed by atoms with van der Waals surface area (Å²) in [5, 5.41) is 26.7. The van der Waals surface area contributed by atoms with Crippen LogP contribution in [0.15, 0.2) is 60.9 Å².